The van der Waals surface area contributed by atoms with Crippen LogP contribution in [-0.4, -0.2) is 31.8 Å². The van der Waals surface area contributed by atoms with Crippen LogP contribution in [-0.2, 0) is 13.1 Å². The van der Waals surface area contributed by atoms with E-state index in [0.29, 0.717) is 24.8 Å². The Hall–Kier alpha value is -2.16. The third-order valence-electron chi connectivity index (χ3n) is 3.94. The Kier molecular flexibility index (Phi) is 9.77. The van der Waals surface area contributed by atoms with Gasteiger partial charge in [-0.1, -0.05) is 24.3 Å². The monoisotopic (exact) mass is 485 g/mol. The maximum absolute atomic E-state index is 10.2. The zero-order valence-corrected chi connectivity index (χ0v) is 18.5. The number of aliphatic imine (C=N–C) groups is 1. The minimum absolute atomic E-state index is 0. The number of benzene rings is 2. The Balaban J connectivity index is 0.00000364. The van der Waals surface area contributed by atoms with E-state index >= 15 is 0 Å². The van der Waals surface area contributed by atoms with Gasteiger partial charge in [0.15, 0.2) is 17.5 Å². The fraction of sp³-hybridized carbons (Fsp3) is 0.350. The van der Waals surface area contributed by atoms with Crippen LogP contribution in [0.3, 0.4) is 0 Å². The van der Waals surface area contributed by atoms with E-state index in [1.165, 1.54) is 7.11 Å². The predicted octanol–water partition coefficient (Wildman–Crippen LogP) is 3.59. The summed E-state index contributed by atoms with van der Waals surface area (Å²) in [5.74, 6) is 2.08. The maximum atomic E-state index is 10.2. The number of methoxy groups -OCH3 is 2. The molecule has 6 nitrogen and oxygen atoms in total. The quantitative estimate of drug-likeness (QED) is 0.318. The van der Waals surface area contributed by atoms with Crippen LogP contribution < -0.4 is 20.1 Å². The molecular weight excluding hydrogens is 457 g/mol. The van der Waals surface area contributed by atoms with Gasteiger partial charge in [-0.25, -0.2) is 4.99 Å². The summed E-state index contributed by atoms with van der Waals surface area (Å²) in [5, 5.41) is 16.6. The number of hydrogen-bond donors (Lipinski definition) is 3. The number of para-hydroxylation sites is 1. The number of phenols is 1. The normalized spacial score (nSPS) is 10.7. The Morgan fingerprint density at radius 1 is 1.04 bits per heavy atom. The number of aromatic hydroxyl groups is 1. The lowest BCUT2D eigenvalue weighted by atomic mass is 10.1. The van der Waals surface area contributed by atoms with Crippen LogP contribution in [0.15, 0.2) is 41.4 Å². The third kappa shape index (κ3) is 6.50. The summed E-state index contributed by atoms with van der Waals surface area (Å²) in [5.41, 5.74) is 2.90. The highest BCUT2D eigenvalue weighted by molar-refractivity contribution is 14.0. The first-order chi connectivity index (χ1) is 12.6. The standard InChI is InChI=1S/C20H27N3O3.HI/c1-5-21-20(22-12-15-10-9-14(2)11-18(15)26-4)23-13-16-7-6-8-17(25-3)19(16)24;/h6-11,24H,5,12-13H2,1-4H3,(H2,21,22,23);1H. The van der Waals surface area contributed by atoms with Crippen LogP contribution in [0.1, 0.15) is 23.6 Å². The van der Waals surface area contributed by atoms with Crippen molar-refractivity contribution in [2.75, 3.05) is 20.8 Å². The molecule has 0 fully saturated rings. The Labute approximate surface area is 178 Å². The van der Waals surface area contributed by atoms with Crippen molar-refractivity contribution in [3.05, 3.63) is 53.1 Å². The van der Waals surface area contributed by atoms with Gasteiger partial charge in [-0.05, 0) is 31.5 Å². The second-order valence-electron chi connectivity index (χ2n) is 5.83. The molecule has 0 aliphatic carbocycles. The molecule has 2 aromatic rings. The molecule has 27 heavy (non-hydrogen) atoms. The molecule has 7 heteroatoms. The van der Waals surface area contributed by atoms with Gasteiger partial charge in [-0.2, -0.15) is 0 Å². The number of aryl methyl sites for hydroxylation is 1. The van der Waals surface area contributed by atoms with E-state index in [9.17, 15) is 5.11 Å². The minimum atomic E-state index is 0. The minimum Gasteiger partial charge on any atom is -0.504 e. The number of hydrogen-bond acceptors (Lipinski definition) is 4. The molecule has 0 saturated carbocycles. The van der Waals surface area contributed by atoms with Crippen molar-refractivity contribution in [1.82, 2.24) is 10.6 Å². The zero-order valence-electron chi connectivity index (χ0n) is 16.2. The fourth-order valence-electron chi connectivity index (χ4n) is 2.54. The fourth-order valence-corrected chi connectivity index (χ4v) is 2.54. The molecule has 0 saturated heterocycles. The van der Waals surface area contributed by atoms with Gasteiger partial charge in [0.1, 0.15) is 5.75 Å². The number of nitrogens with zero attached hydrogens (tertiary/aromatic N) is 1. The largest absolute Gasteiger partial charge is 0.504 e. The van der Waals surface area contributed by atoms with Crippen molar-refractivity contribution in [2.24, 2.45) is 4.99 Å². The van der Waals surface area contributed by atoms with E-state index in [4.69, 9.17) is 9.47 Å². The number of nitrogens with one attached hydrogen (secondary N) is 2. The van der Waals surface area contributed by atoms with Crippen molar-refractivity contribution in [3.8, 4) is 17.2 Å². The molecule has 3 N–H and O–H groups in total. The highest BCUT2D eigenvalue weighted by Crippen LogP contribution is 2.29. The highest BCUT2D eigenvalue weighted by Gasteiger charge is 2.08. The van der Waals surface area contributed by atoms with Gasteiger partial charge >= 0.3 is 0 Å². The second kappa shape index (κ2) is 11.5. The van der Waals surface area contributed by atoms with Crippen molar-refractivity contribution in [1.29, 1.82) is 0 Å². The van der Waals surface area contributed by atoms with Crippen LogP contribution >= 0.6 is 24.0 Å². The number of ether oxygens (including phenoxy) is 2. The highest BCUT2D eigenvalue weighted by atomic mass is 127. The van der Waals surface area contributed by atoms with Gasteiger partial charge in [0.25, 0.3) is 0 Å². The lowest BCUT2D eigenvalue weighted by Crippen LogP contribution is -2.36. The van der Waals surface area contributed by atoms with Gasteiger partial charge in [-0.15, -0.1) is 24.0 Å². The zero-order chi connectivity index (χ0) is 18.9. The molecular formula is C20H28IN3O3. The molecule has 0 amide bonds. The van der Waals surface area contributed by atoms with Crippen molar-refractivity contribution < 1.29 is 14.6 Å². The lowest BCUT2D eigenvalue weighted by Gasteiger charge is -2.14. The molecule has 0 spiro atoms. The first-order valence-electron chi connectivity index (χ1n) is 8.59. The van der Waals surface area contributed by atoms with E-state index in [0.717, 1.165) is 29.0 Å². The number of phenolic OH excluding ortho intramolecular Hbond substituents is 1. The summed E-state index contributed by atoms with van der Waals surface area (Å²) in [6, 6.07) is 11.5. The topological polar surface area (TPSA) is 75.1 Å². The van der Waals surface area contributed by atoms with E-state index in [-0.39, 0.29) is 29.7 Å². The third-order valence-corrected chi connectivity index (χ3v) is 3.94. The van der Waals surface area contributed by atoms with Crippen molar-refractivity contribution in [2.45, 2.75) is 26.9 Å². The van der Waals surface area contributed by atoms with Crippen LogP contribution in [0, 0.1) is 6.92 Å². The van der Waals surface area contributed by atoms with E-state index in [2.05, 4.69) is 15.6 Å². The average molecular weight is 485 g/mol. The first kappa shape index (κ1) is 22.9. The molecule has 0 aliphatic rings. The lowest BCUT2D eigenvalue weighted by molar-refractivity contribution is 0.370. The molecule has 2 aromatic carbocycles. The Morgan fingerprint density at radius 3 is 2.44 bits per heavy atom. The number of rotatable bonds is 7. The van der Waals surface area contributed by atoms with E-state index < -0.39 is 0 Å². The van der Waals surface area contributed by atoms with E-state index in [1.54, 1.807) is 13.2 Å². The molecule has 2 rings (SSSR count). The average Bonchev–Trinajstić information content (AvgIpc) is 2.65. The summed E-state index contributed by atoms with van der Waals surface area (Å²) in [6.07, 6.45) is 0. The van der Waals surface area contributed by atoms with Gasteiger partial charge in [0.2, 0.25) is 0 Å². The second-order valence-corrected chi connectivity index (χ2v) is 5.83. The molecule has 0 aliphatic heterocycles. The van der Waals surface area contributed by atoms with Crippen LogP contribution in [0.2, 0.25) is 0 Å². The summed E-state index contributed by atoms with van der Waals surface area (Å²) < 4.78 is 10.6. The van der Waals surface area contributed by atoms with E-state index in [1.807, 2.05) is 44.2 Å². The summed E-state index contributed by atoms with van der Waals surface area (Å²) in [4.78, 5) is 4.61. The number of guanidine groups is 1. The summed E-state index contributed by atoms with van der Waals surface area (Å²) in [6.45, 7) is 5.69. The van der Waals surface area contributed by atoms with Gasteiger partial charge in [0, 0.05) is 24.2 Å². The van der Waals surface area contributed by atoms with Gasteiger partial charge in [0.05, 0.1) is 20.8 Å². The molecule has 0 heterocycles. The van der Waals surface area contributed by atoms with Crippen molar-refractivity contribution in [3.63, 3.8) is 0 Å². The molecule has 0 aromatic heterocycles. The maximum Gasteiger partial charge on any atom is 0.191 e. The molecule has 0 bridgehead atoms. The number of halogens is 1. The molecule has 0 atom stereocenters. The summed E-state index contributed by atoms with van der Waals surface area (Å²) in [7, 11) is 3.20. The first-order valence-corrected chi connectivity index (χ1v) is 8.59. The predicted molar refractivity (Wildman–Crippen MR) is 119 cm³/mol. The SMILES string of the molecule is CCNC(=NCc1ccc(C)cc1OC)NCc1cccc(OC)c1O.I. The van der Waals surface area contributed by atoms with Crippen LogP contribution in [0.4, 0.5) is 0 Å². The van der Waals surface area contributed by atoms with Gasteiger partial charge < -0.3 is 25.2 Å². The van der Waals surface area contributed by atoms with Gasteiger partial charge in [-0.3, -0.25) is 0 Å². The summed E-state index contributed by atoms with van der Waals surface area (Å²) >= 11 is 0. The van der Waals surface area contributed by atoms with Crippen molar-refractivity contribution >= 4 is 29.9 Å². The molecule has 0 radical (unpaired) electrons. The smallest absolute Gasteiger partial charge is 0.191 e. The van der Waals surface area contributed by atoms with Crippen LogP contribution in [0.25, 0.3) is 0 Å². The Morgan fingerprint density at radius 2 is 1.78 bits per heavy atom. The Bertz CT molecular complexity index is 766. The van der Waals surface area contributed by atoms with Crippen LogP contribution in [0.5, 0.6) is 17.2 Å². The molecule has 0 unspecified atom stereocenters. The molecule has 148 valence electrons.